The highest BCUT2D eigenvalue weighted by atomic mass is 32.1. The summed E-state index contributed by atoms with van der Waals surface area (Å²) in [6.45, 7) is 0. The summed E-state index contributed by atoms with van der Waals surface area (Å²) >= 11 is 1.56. The van der Waals surface area contributed by atoms with Gasteiger partial charge in [0.15, 0.2) is 0 Å². The first-order valence-electron chi connectivity index (χ1n) is 8.47. The van der Waals surface area contributed by atoms with E-state index in [1.165, 1.54) is 29.7 Å². The highest BCUT2D eigenvalue weighted by Gasteiger charge is 2.16. The third-order valence-electron chi connectivity index (χ3n) is 4.27. The largest absolute Gasteiger partial charge is 0.279 e. The molecule has 0 spiro atoms. The van der Waals surface area contributed by atoms with Gasteiger partial charge >= 0.3 is 0 Å². The van der Waals surface area contributed by atoms with E-state index in [1.807, 2.05) is 36.4 Å². The van der Waals surface area contributed by atoms with Crippen LogP contribution in [0.2, 0.25) is 0 Å². The highest BCUT2D eigenvalue weighted by molar-refractivity contribution is 7.14. The molecule has 3 rings (SSSR count). The molecule has 1 heterocycles. The first kappa shape index (κ1) is 16.7. The molecule has 0 saturated carbocycles. The fourth-order valence-corrected chi connectivity index (χ4v) is 4.08. The molecule has 2 amide bonds. The number of hydrogen-bond acceptors (Lipinski definition) is 3. The van der Waals surface area contributed by atoms with Crippen molar-refractivity contribution in [2.45, 2.75) is 44.9 Å². The van der Waals surface area contributed by atoms with E-state index in [2.05, 4.69) is 10.9 Å². The Morgan fingerprint density at radius 3 is 2.62 bits per heavy atom. The molecule has 0 radical (unpaired) electrons. The van der Waals surface area contributed by atoms with Crippen LogP contribution in [0.5, 0.6) is 0 Å². The number of aryl methyl sites for hydroxylation is 3. The average Bonchev–Trinajstić information content (AvgIpc) is 2.89. The summed E-state index contributed by atoms with van der Waals surface area (Å²) in [5.41, 5.74) is 7.46. The van der Waals surface area contributed by atoms with E-state index in [1.54, 1.807) is 11.3 Å². The molecule has 1 aromatic heterocycles. The lowest BCUT2D eigenvalue weighted by atomic mass is 10.1. The average molecular weight is 342 g/mol. The molecule has 5 heteroatoms. The van der Waals surface area contributed by atoms with Gasteiger partial charge in [-0.3, -0.25) is 20.4 Å². The first-order chi connectivity index (χ1) is 11.7. The number of carbonyl (C=O) groups is 2. The number of hydrazine groups is 1. The smallest absolute Gasteiger partial charge is 0.273 e. The van der Waals surface area contributed by atoms with Crippen LogP contribution in [0.15, 0.2) is 36.4 Å². The molecule has 1 aliphatic carbocycles. The minimum atomic E-state index is -0.221. The highest BCUT2D eigenvalue weighted by Crippen LogP contribution is 2.28. The second-order valence-corrected chi connectivity index (χ2v) is 7.24. The van der Waals surface area contributed by atoms with E-state index in [-0.39, 0.29) is 11.8 Å². The van der Waals surface area contributed by atoms with Crippen molar-refractivity contribution >= 4 is 23.2 Å². The van der Waals surface area contributed by atoms with Gasteiger partial charge in [-0.1, -0.05) is 36.8 Å². The second kappa shape index (κ2) is 8.11. The molecule has 126 valence electrons. The number of rotatable bonds is 4. The van der Waals surface area contributed by atoms with Gasteiger partial charge in [0.2, 0.25) is 5.91 Å². The van der Waals surface area contributed by atoms with Crippen LogP contribution in [0.1, 0.15) is 51.4 Å². The molecule has 2 N–H and O–H groups in total. The molecule has 24 heavy (non-hydrogen) atoms. The zero-order valence-corrected chi connectivity index (χ0v) is 14.5. The number of thiophene rings is 1. The van der Waals surface area contributed by atoms with Crippen LogP contribution in [0, 0.1) is 0 Å². The summed E-state index contributed by atoms with van der Waals surface area (Å²) in [7, 11) is 0. The van der Waals surface area contributed by atoms with Crippen molar-refractivity contribution in [2.75, 3.05) is 0 Å². The Morgan fingerprint density at radius 1 is 1.00 bits per heavy atom. The van der Waals surface area contributed by atoms with Gasteiger partial charge in [-0.25, -0.2) is 0 Å². The fourth-order valence-electron chi connectivity index (χ4n) is 2.93. The van der Waals surface area contributed by atoms with E-state index in [4.69, 9.17) is 0 Å². The number of nitrogens with one attached hydrogen (secondary N) is 2. The standard InChI is InChI=1S/C19H22N2O2S/c22-18(12-11-14-7-3-1-4-8-14)20-21-19(23)17-13-15-9-5-2-6-10-16(15)24-17/h1,3-4,7-8,13H,2,5-6,9-12H2,(H,20,22)(H,21,23). The maximum absolute atomic E-state index is 12.2. The normalized spacial score (nSPS) is 13.7. The zero-order valence-electron chi connectivity index (χ0n) is 13.6. The van der Waals surface area contributed by atoms with Crippen LogP contribution >= 0.6 is 11.3 Å². The van der Waals surface area contributed by atoms with Crippen molar-refractivity contribution in [3.05, 3.63) is 57.3 Å². The van der Waals surface area contributed by atoms with Gasteiger partial charge in [-0.15, -0.1) is 11.3 Å². The van der Waals surface area contributed by atoms with Crippen LogP contribution in [0.4, 0.5) is 0 Å². The Hall–Kier alpha value is -2.14. The second-order valence-electron chi connectivity index (χ2n) is 6.11. The van der Waals surface area contributed by atoms with Crippen LogP contribution in [-0.2, 0) is 24.1 Å². The number of carbonyl (C=O) groups excluding carboxylic acids is 2. The fraction of sp³-hybridized carbons (Fsp3) is 0.368. The Labute approximate surface area is 146 Å². The van der Waals surface area contributed by atoms with E-state index in [0.717, 1.165) is 18.4 Å². The molecular weight excluding hydrogens is 320 g/mol. The van der Waals surface area contributed by atoms with Crippen molar-refractivity contribution in [3.63, 3.8) is 0 Å². The van der Waals surface area contributed by atoms with Gasteiger partial charge in [0.05, 0.1) is 4.88 Å². The maximum Gasteiger partial charge on any atom is 0.279 e. The molecule has 1 aromatic carbocycles. The Kier molecular flexibility index (Phi) is 5.64. The number of amides is 2. The molecule has 0 aliphatic heterocycles. The first-order valence-corrected chi connectivity index (χ1v) is 9.29. The quantitative estimate of drug-likeness (QED) is 0.661. The van der Waals surface area contributed by atoms with Gasteiger partial charge in [-0.05, 0) is 49.3 Å². The Balaban J connectivity index is 1.47. The van der Waals surface area contributed by atoms with Gasteiger partial charge < -0.3 is 0 Å². The van der Waals surface area contributed by atoms with Crippen molar-refractivity contribution in [2.24, 2.45) is 0 Å². The lowest BCUT2D eigenvalue weighted by Crippen LogP contribution is -2.41. The lowest BCUT2D eigenvalue weighted by molar-refractivity contribution is -0.121. The molecule has 0 fully saturated rings. The summed E-state index contributed by atoms with van der Waals surface area (Å²) in [4.78, 5) is 26.1. The maximum atomic E-state index is 12.2. The molecule has 4 nitrogen and oxygen atoms in total. The Morgan fingerprint density at radius 2 is 1.79 bits per heavy atom. The molecule has 0 saturated heterocycles. The van der Waals surface area contributed by atoms with Gasteiger partial charge in [0.25, 0.3) is 5.91 Å². The van der Waals surface area contributed by atoms with Crippen LogP contribution < -0.4 is 10.9 Å². The SMILES string of the molecule is O=C(CCc1ccccc1)NNC(=O)c1cc2c(s1)CCCCC2. The van der Waals surface area contributed by atoms with Crippen LogP contribution in [0.25, 0.3) is 0 Å². The summed E-state index contributed by atoms with van der Waals surface area (Å²) in [5.74, 6) is -0.397. The van der Waals surface area contributed by atoms with Gasteiger partial charge in [-0.2, -0.15) is 0 Å². The van der Waals surface area contributed by atoms with Crippen molar-refractivity contribution in [1.82, 2.24) is 10.9 Å². The number of fused-ring (bicyclic) bond motifs is 1. The minimum Gasteiger partial charge on any atom is -0.273 e. The molecule has 0 bridgehead atoms. The van der Waals surface area contributed by atoms with Gasteiger partial charge in [0, 0.05) is 11.3 Å². The molecular formula is C19H22N2O2S. The van der Waals surface area contributed by atoms with E-state index in [9.17, 15) is 9.59 Å². The predicted octanol–water partition coefficient (Wildman–Crippen LogP) is 3.41. The predicted molar refractivity (Wildman–Crippen MR) is 95.9 cm³/mol. The summed E-state index contributed by atoms with van der Waals surface area (Å²) < 4.78 is 0. The molecule has 2 aromatic rings. The third-order valence-corrected chi connectivity index (χ3v) is 5.51. The van der Waals surface area contributed by atoms with Crippen molar-refractivity contribution in [1.29, 1.82) is 0 Å². The topological polar surface area (TPSA) is 58.2 Å². The van der Waals surface area contributed by atoms with Crippen LogP contribution in [0.3, 0.4) is 0 Å². The van der Waals surface area contributed by atoms with E-state index < -0.39 is 0 Å². The summed E-state index contributed by atoms with van der Waals surface area (Å²) in [5, 5.41) is 0. The van der Waals surface area contributed by atoms with Gasteiger partial charge in [0.1, 0.15) is 0 Å². The molecule has 0 atom stereocenters. The van der Waals surface area contributed by atoms with E-state index >= 15 is 0 Å². The third kappa shape index (κ3) is 4.45. The summed E-state index contributed by atoms with van der Waals surface area (Å²) in [6, 6.07) is 11.8. The Bertz CT molecular complexity index is 686. The molecule has 0 unspecified atom stereocenters. The van der Waals surface area contributed by atoms with E-state index in [0.29, 0.717) is 17.7 Å². The zero-order chi connectivity index (χ0) is 16.8. The van der Waals surface area contributed by atoms with Crippen molar-refractivity contribution < 1.29 is 9.59 Å². The van der Waals surface area contributed by atoms with Crippen LogP contribution in [-0.4, -0.2) is 11.8 Å². The molecule has 1 aliphatic rings. The lowest BCUT2D eigenvalue weighted by Gasteiger charge is -2.06. The minimum absolute atomic E-state index is 0.176. The van der Waals surface area contributed by atoms with Crippen molar-refractivity contribution in [3.8, 4) is 0 Å². The number of hydrogen-bond donors (Lipinski definition) is 2. The monoisotopic (exact) mass is 342 g/mol. The number of benzene rings is 1. The summed E-state index contributed by atoms with van der Waals surface area (Å²) in [6.07, 6.45) is 6.80.